The van der Waals surface area contributed by atoms with Gasteiger partial charge in [-0.15, -0.1) is 0 Å². The average molecular weight is 568 g/mol. The maximum absolute atomic E-state index is 13.7. The molecule has 3 aromatic rings. The van der Waals surface area contributed by atoms with Crippen molar-refractivity contribution in [3.63, 3.8) is 0 Å². The minimum Gasteiger partial charge on any atom is -0.438 e. The molecule has 1 aliphatic rings. The third kappa shape index (κ3) is 7.59. The molecule has 4 N–H and O–H groups in total. The highest BCUT2D eigenvalue weighted by Gasteiger charge is 2.30. The Morgan fingerprint density at radius 1 is 1.05 bits per heavy atom. The van der Waals surface area contributed by atoms with E-state index in [0.717, 1.165) is 11.1 Å². The topological polar surface area (TPSA) is 131 Å². The minimum atomic E-state index is -0.787. The van der Waals surface area contributed by atoms with Gasteiger partial charge < -0.3 is 30.5 Å². The molecule has 4 rings (SSSR count). The summed E-state index contributed by atoms with van der Waals surface area (Å²) in [6, 6.07) is 17.8. The number of nitrogens with two attached hydrogens (primary N) is 1. The zero-order valence-corrected chi connectivity index (χ0v) is 23.5. The van der Waals surface area contributed by atoms with Crippen molar-refractivity contribution in [3.05, 3.63) is 93.5 Å². The number of methoxy groups -OCH3 is 1. The van der Waals surface area contributed by atoms with Crippen molar-refractivity contribution in [1.29, 1.82) is 0 Å². The molecule has 9 nitrogen and oxygen atoms in total. The first-order valence-electron chi connectivity index (χ1n) is 12.8. The molecule has 0 radical (unpaired) electrons. The first-order valence-corrected chi connectivity index (χ1v) is 13.2. The lowest BCUT2D eigenvalue weighted by molar-refractivity contribution is 0.0335. The van der Waals surface area contributed by atoms with Crippen LogP contribution >= 0.6 is 11.6 Å². The van der Waals surface area contributed by atoms with Gasteiger partial charge in [0.15, 0.2) is 0 Å². The van der Waals surface area contributed by atoms with Gasteiger partial charge in [0.05, 0.1) is 19.4 Å². The van der Waals surface area contributed by atoms with Crippen molar-refractivity contribution in [3.8, 4) is 0 Å². The first-order chi connectivity index (χ1) is 19.2. The fourth-order valence-corrected chi connectivity index (χ4v) is 4.57. The molecule has 2 amide bonds. The predicted molar refractivity (Wildman–Crippen MR) is 155 cm³/mol. The number of aliphatic hydroxyl groups excluding tert-OH is 1. The van der Waals surface area contributed by atoms with Crippen molar-refractivity contribution < 1.29 is 29.0 Å². The molecule has 3 aromatic carbocycles. The Kier molecular flexibility index (Phi) is 11.1. The Hall–Kier alpha value is -3.92. The summed E-state index contributed by atoms with van der Waals surface area (Å²) in [6.45, 7) is 4.63. The molecule has 1 heterocycles. The lowest BCUT2D eigenvalue weighted by atomic mass is 10.0. The molecule has 0 saturated carbocycles. The Labute approximate surface area is 238 Å². The van der Waals surface area contributed by atoms with Crippen LogP contribution in [0.15, 0.2) is 60.7 Å². The van der Waals surface area contributed by atoms with E-state index < -0.39 is 12.3 Å². The van der Waals surface area contributed by atoms with Gasteiger partial charge in [-0.2, -0.15) is 0 Å². The zero-order valence-electron chi connectivity index (χ0n) is 22.8. The number of nitrogens with zero attached hydrogens (tertiary/aromatic N) is 1. The first kappa shape index (κ1) is 30.6. The number of aliphatic hydroxyl groups is 1. The number of amides is 2. The van der Waals surface area contributed by atoms with Gasteiger partial charge in [0.1, 0.15) is 6.10 Å². The van der Waals surface area contributed by atoms with Crippen LogP contribution in [-0.4, -0.2) is 49.9 Å². The van der Waals surface area contributed by atoms with Crippen LogP contribution < -0.4 is 16.0 Å². The van der Waals surface area contributed by atoms with Gasteiger partial charge in [-0.25, -0.2) is 4.79 Å². The molecule has 40 heavy (non-hydrogen) atoms. The van der Waals surface area contributed by atoms with Crippen molar-refractivity contribution in [2.45, 2.75) is 32.8 Å². The molecule has 0 spiro atoms. The molecule has 0 aromatic heterocycles. The van der Waals surface area contributed by atoms with Gasteiger partial charge in [-0.3, -0.25) is 9.59 Å². The summed E-state index contributed by atoms with van der Waals surface area (Å²) in [5.41, 5.74) is 9.38. The molecule has 1 aliphatic heterocycles. The third-order valence-electron chi connectivity index (χ3n) is 6.36. The van der Waals surface area contributed by atoms with Crippen LogP contribution in [0.25, 0.3) is 0 Å². The zero-order chi connectivity index (χ0) is 29.2. The molecule has 10 heteroatoms. The van der Waals surface area contributed by atoms with Gasteiger partial charge in [-0.05, 0) is 80.3 Å². The predicted octanol–water partition coefficient (Wildman–Crippen LogP) is 5.41. The maximum Gasteiger partial charge on any atom is 0.508 e. The fraction of sp³-hybridized carbons (Fsp3) is 0.300. The smallest absolute Gasteiger partial charge is 0.438 e. The Bertz CT molecular complexity index is 1360. The second-order valence-corrected chi connectivity index (χ2v) is 9.61. The van der Waals surface area contributed by atoms with E-state index in [1.54, 1.807) is 47.4 Å². The highest BCUT2D eigenvalue weighted by Crippen LogP contribution is 2.38. The number of anilines is 2. The largest absolute Gasteiger partial charge is 0.508 e. The summed E-state index contributed by atoms with van der Waals surface area (Å²) in [5.74, 6) is -0.395. The van der Waals surface area contributed by atoms with Gasteiger partial charge in [0.2, 0.25) is 0 Å². The number of carbonyl (C=O) groups is 3. The number of ether oxygens (including phenoxy) is 2. The van der Waals surface area contributed by atoms with Crippen LogP contribution in [0.5, 0.6) is 0 Å². The van der Waals surface area contributed by atoms with Crippen LogP contribution in [0.1, 0.15) is 56.4 Å². The van der Waals surface area contributed by atoms with E-state index in [4.69, 9.17) is 27.2 Å². The minimum absolute atomic E-state index is 0.0972. The van der Waals surface area contributed by atoms with Gasteiger partial charge in [0, 0.05) is 40.5 Å². The van der Waals surface area contributed by atoms with Crippen LogP contribution in [0.4, 0.5) is 16.2 Å². The summed E-state index contributed by atoms with van der Waals surface area (Å²) >= 11 is 6.24. The highest BCUT2D eigenvalue weighted by molar-refractivity contribution is 6.30. The van der Waals surface area contributed by atoms with E-state index in [2.05, 4.69) is 10.1 Å². The summed E-state index contributed by atoms with van der Waals surface area (Å²) in [6.07, 6.45) is -0.229. The number of hydrogen-bond donors (Lipinski definition) is 3. The summed E-state index contributed by atoms with van der Waals surface area (Å²) < 4.78 is 10.1. The van der Waals surface area contributed by atoms with Crippen LogP contribution in [0.2, 0.25) is 5.02 Å². The molecule has 0 fully saturated rings. The van der Waals surface area contributed by atoms with Crippen molar-refractivity contribution in [1.82, 2.24) is 0 Å². The van der Waals surface area contributed by atoms with Crippen LogP contribution in [-0.2, 0) is 9.47 Å². The summed E-state index contributed by atoms with van der Waals surface area (Å²) in [4.78, 5) is 39.9. The molecule has 1 unspecified atom stereocenters. The molecule has 0 bridgehead atoms. The van der Waals surface area contributed by atoms with Crippen molar-refractivity contribution in [2.75, 3.05) is 37.0 Å². The lowest BCUT2D eigenvalue weighted by Gasteiger charge is -2.25. The monoisotopic (exact) mass is 567 g/mol. The molecular weight excluding hydrogens is 534 g/mol. The molecular formula is C30H34ClN3O6. The Morgan fingerprint density at radius 2 is 1.77 bits per heavy atom. The third-order valence-corrected chi connectivity index (χ3v) is 6.59. The number of fused-ring (bicyclic) bond motifs is 1. The van der Waals surface area contributed by atoms with E-state index in [9.17, 15) is 14.4 Å². The van der Waals surface area contributed by atoms with E-state index in [1.165, 1.54) is 7.11 Å². The summed E-state index contributed by atoms with van der Waals surface area (Å²) in [5, 5.41) is 11.1. The lowest BCUT2D eigenvalue weighted by Crippen LogP contribution is -2.32. The molecule has 0 aliphatic carbocycles. The number of nitrogens with one attached hydrogen (secondary N) is 1. The fourth-order valence-electron chi connectivity index (χ4n) is 4.39. The van der Waals surface area contributed by atoms with Gasteiger partial charge in [-0.1, -0.05) is 29.8 Å². The van der Waals surface area contributed by atoms with E-state index in [0.29, 0.717) is 59.0 Å². The van der Waals surface area contributed by atoms with Crippen LogP contribution in [0, 0.1) is 13.8 Å². The number of carbonyl (C=O) groups excluding carboxylic acids is 3. The van der Waals surface area contributed by atoms with E-state index in [1.807, 2.05) is 32.0 Å². The number of benzene rings is 3. The molecule has 1 atom stereocenters. The van der Waals surface area contributed by atoms with Crippen molar-refractivity contribution >= 4 is 40.9 Å². The number of hydrogen-bond acceptors (Lipinski definition) is 7. The quantitative estimate of drug-likeness (QED) is 0.351. The van der Waals surface area contributed by atoms with Gasteiger partial charge >= 0.3 is 6.16 Å². The number of halogens is 1. The number of aryl methyl sites for hydroxylation is 2. The second-order valence-electron chi connectivity index (χ2n) is 9.17. The average Bonchev–Trinajstić information content (AvgIpc) is 3.12. The van der Waals surface area contributed by atoms with Crippen LogP contribution in [0.3, 0.4) is 0 Å². The van der Waals surface area contributed by atoms with E-state index in [-0.39, 0.29) is 18.4 Å². The second kappa shape index (κ2) is 14.5. The highest BCUT2D eigenvalue weighted by atomic mass is 35.5. The standard InChI is InChI=1S/C28H27ClN2O5.C2H7NO/c1-17-7-4-5-8-21(17)26(32)30-20-11-12-22(18(2)15-20)27(33)31-14-6-9-25(36-28(34)35-3)23-16-19(29)10-13-24(23)31;3-1-2-4/h4-5,7-8,10-13,15-16,25H,6,9,14H2,1-3H3,(H,30,32);4H,1-3H2. The summed E-state index contributed by atoms with van der Waals surface area (Å²) in [7, 11) is 1.25. The normalized spacial score (nSPS) is 14.2. The maximum atomic E-state index is 13.7. The molecule has 0 saturated heterocycles. The SMILES string of the molecule is COC(=O)OC1CCCN(C(=O)c2ccc(NC(=O)c3ccccc3C)cc2C)c2ccc(Cl)cc21.NCCO. The van der Waals surface area contributed by atoms with E-state index >= 15 is 0 Å². The number of rotatable bonds is 5. The molecule has 212 valence electrons. The van der Waals surface area contributed by atoms with Gasteiger partial charge in [0.25, 0.3) is 11.8 Å². The van der Waals surface area contributed by atoms with Crippen molar-refractivity contribution in [2.24, 2.45) is 5.73 Å². The Morgan fingerprint density at radius 3 is 2.42 bits per heavy atom. The Balaban J connectivity index is 0.00000103.